The van der Waals surface area contributed by atoms with Crippen molar-refractivity contribution in [2.45, 2.75) is 40.2 Å². The van der Waals surface area contributed by atoms with Gasteiger partial charge in [-0.05, 0) is 25.3 Å². The van der Waals surface area contributed by atoms with Gasteiger partial charge in [0.25, 0.3) is 5.91 Å². The summed E-state index contributed by atoms with van der Waals surface area (Å²) < 4.78 is 0. The third kappa shape index (κ3) is 5.76. The van der Waals surface area contributed by atoms with E-state index in [2.05, 4.69) is 57.9 Å². The van der Waals surface area contributed by atoms with Gasteiger partial charge in [0.1, 0.15) is 17.3 Å². The van der Waals surface area contributed by atoms with E-state index >= 15 is 0 Å². The van der Waals surface area contributed by atoms with Crippen LogP contribution in [0, 0.1) is 6.92 Å². The van der Waals surface area contributed by atoms with Crippen molar-refractivity contribution in [2.75, 3.05) is 44.2 Å². The molecule has 1 aromatic carbocycles. The number of nitrogens with zero attached hydrogens (tertiary/aromatic N) is 5. The first kappa shape index (κ1) is 21.2. The number of benzene rings is 1. The lowest BCUT2D eigenvalue weighted by atomic mass is 10.2. The quantitative estimate of drug-likeness (QED) is 0.686. The predicted octanol–water partition coefficient (Wildman–Crippen LogP) is 3.37. The van der Waals surface area contributed by atoms with Crippen LogP contribution >= 0.6 is 0 Å². The number of rotatable bonds is 8. The molecule has 156 valence electrons. The SMILES string of the molecule is CCCN(CCC)c1cc(C(=O)N2CCN(Cc3ccccc3)CC2)nc(C)n1. The Kier molecular flexibility index (Phi) is 7.58. The molecular weight excluding hydrogens is 362 g/mol. The van der Waals surface area contributed by atoms with Gasteiger partial charge in [0.05, 0.1) is 0 Å². The maximum atomic E-state index is 13.1. The van der Waals surface area contributed by atoms with Gasteiger partial charge in [-0.1, -0.05) is 44.2 Å². The van der Waals surface area contributed by atoms with Crippen molar-refractivity contribution in [1.82, 2.24) is 19.8 Å². The fraction of sp³-hybridized carbons (Fsp3) is 0.522. The van der Waals surface area contributed by atoms with Gasteiger partial charge in [0, 0.05) is 51.9 Å². The molecule has 0 unspecified atom stereocenters. The van der Waals surface area contributed by atoms with Crippen LogP contribution in [0.3, 0.4) is 0 Å². The highest BCUT2D eigenvalue weighted by atomic mass is 16.2. The first-order valence-electron chi connectivity index (χ1n) is 10.8. The number of aryl methyl sites for hydroxylation is 1. The van der Waals surface area contributed by atoms with Crippen molar-refractivity contribution >= 4 is 11.7 Å². The second kappa shape index (κ2) is 10.3. The highest BCUT2D eigenvalue weighted by Gasteiger charge is 2.24. The largest absolute Gasteiger partial charge is 0.357 e. The van der Waals surface area contributed by atoms with Crippen LogP contribution < -0.4 is 4.90 Å². The molecule has 6 heteroatoms. The van der Waals surface area contributed by atoms with Gasteiger partial charge in [-0.15, -0.1) is 0 Å². The number of hydrogen-bond donors (Lipinski definition) is 0. The summed E-state index contributed by atoms with van der Waals surface area (Å²) in [7, 11) is 0. The molecule has 2 heterocycles. The molecule has 1 aromatic heterocycles. The molecule has 2 aromatic rings. The zero-order chi connectivity index (χ0) is 20.6. The lowest BCUT2D eigenvalue weighted by molar-refractivity contribution is 0.0622. The summed E-state index contributed by atoms with van der Waals surface area (Å²) in [5.74, 6) is 1.54. The molecule has 0 N–H and O–H groups in total. The summed E-state index contributed by atoms with van der Waals surface area (Å²) in [6, 6.07) is 12.4. The minimum atomic E-state index is 0.0176. The summed E-state index contributed by atoms with van der Waals surface area (Å²) >= 11 is 0. The Morgan fingerprint density at radius 2 is 1.66 bits per heavy atom. The molecule has 0 saturated carbocycles. The second-order valence-corrected chi connectivity index (χ2v) is 7.70. The van der Waals surface area contributed by atoms with Crippen LogP contribution in [0.4, 0.5) is 5.82 Å². The zero-order valence-corrected chi connectivity index (χ0v) is 18.0. The third-order valence-electron chi connectivity index (χ3n) is 5.26. The van der Waals surface area contributed by atoms with Crippen LogP contribution in [0.5, 0.6) is 0 Å². The third-order valence-corrected chi connectivity index (χ3v) is 5.26. The van der Waals surface area contributed by atoms with Gasteiger partial charge in [-0.2, -0.15) is 0 Å². The standard InChI is InChI=1S/C23H33N5O/c1-4-11-27(12-5-2)22-17-21(24-19(3)25-22)23(29)28-15-13-26(14-16-28)18-20-9-7-6-8-10-20/h6-10,17H,4-5,11-16,18H2,1-3H3. The van der Waals surface area contributed by atoms with E-state index in [1.54, 1.807) is 0 Å². The molecule has 29 heavy (non-hydrogen) atoms. The topological polar surface area (TPSA) is 52.6 Å². The summed E-state index contributed by atoms with van der Waals surface area (Å²) in [4.78, 5) is 28.7. The molecule has 1 fully saturated rings. The maximum Gasteiger partial charge on any atom is 0.272 e. The molecule has 1 aliphatic heterocycles. The van der Waals surface area contributed by atoms with E-state index in [-0.39, 0.29) is 5.91 Å². The smallest absolute Gasteiger partial charge is 0.272 e. The molecule has 0 spiro atoms. The van der Waals surface area contributed by atoms with Gasteiger partial charge >= 0.3 is 0 Å². The molecule has 6 nitrogen and oxygen atoms in total. The Bertz CT molecular complexity index is 781. The van der Waals surface area contributed by atoms with E-state index in [0.29, 0.717) is 11.5 Å². The fourth-order valence-corrected chi connectivity index (χ4v) is 3.82. The lowest BCUT2D eigenvalue weighted by Gasteiger charge is -2.34. The zero-order valence-electron chi connectivity index (χ0n) is 18.0. The van der Waals surface area contributed by atoms with Gasteiger partial charge in [0.15, 0.2) is 0 Å². The van der Waals surface area contributed by atoms with Crippen LogP contribution in [0.25, 0.3) is 0 Å². The number of amides is 1. The van der Waals surface area contributed by atoms with Crippen LogP contribution in [0.2, 0.25) is 0 Å². The van der Waals surface area contributed by atoms with Crippen LogP contribution in [0.1, 0.15) is 48.6 Å². The van der Waals surface area contributed by atoms with E-state index in [9.17, 15) is 4.79 Å². The first-order valence-corrected chi connectivity index (χ1v) is 10.8. The predicted molar refractivity (Wildman–Crippen MR) is 117 cm³/mol. The monoisotopic (exact) mass is 395 g/mol. The number of carbonyl (C=O) groups excluding carboxylic acids is 1. The van der Waals surface area contributed by atoms with Crippen LogP contribution in [-0.2, 0) is 6.54 Å². The summed E-state index contributed by atoms with van der Waals surface area (Å²) in [6.45, 7) is 12.2. The number of carbonyl (C=O) groups is 1. The Morgan fingerprint density at radius 1 is 1.00 bits per heavy atom. The first-order chi connectivity index (χ1) is 14.1. The average Bonchev–Trinajstić information content (AvgIpc) is 2.74. The molecule has 1 amide bonds. The Labute approximate surface area is 174 Å². The number of anilines is 1. The Balaban J connectivity index is 1.64. The molecule has 0 radical (unpaired) electrons. The van der Waals surface area contributed by atoms with Crippen LogP contribution in [0.15, 0.2) is 36.4 Å². The van der Waals surface area contributed by atoms with E-state index in [4.69, 9.17) is 0 Å². The van der Waals surface area contributed by atoms with Crippen molar-refractivity contribution < 1.29 is 4.79 Å². The molecule has 0 atom stereocenters. The van der Waals surface area contributed by atoms with Crippen molar-refractivity contribution in [1.29, 1.82) is 0 Å². The summed E-state index contributed by atoms with van der Waals surface area (Å²) in [5, 5.41) is 0. The van der Waals surface area contributed by atoms with E-state index in [0.717, 1.165) is 64.5 Å². The molecular formula is C23H33N5O. The fourth-order valence-electron chi connectivity index (χ4n) is 3.82. The maximum absolute atomic E-state index is 13.1. The number of hydrogen-bond acceptors (Lipinski definition) is 5. The van der Waals surface area contributed by atoms with Crippen molar-refractivity contribution in [3.8, 4) is 0 Å². The Morgan fingerprint density at radius 3 is 2.28 bits per heavy atom. The number of piperazine rings is 1. The highest BCUT2D eigenvalue weighted by molar-refractivity contribution is 5.93. The average molecular weight is 396 g/mol. The van der Waals surface area contributed by atoms with Gasteiger partial charge in [-0.3, -0.25) is 9.69 Å². The summed E-state index contributed by atoms with van der Waals surface area (Å²) in [5.41, 5.74) is 1.83. The van der Waals surface area contributed by atoms with E-state index < -0.39 is 0 Å². The van der Waals surface area contributed by atoms with Crippen LogP contribution in [-0.4, -0.2) is 64.9 Å². The molecule has 3 rings (SSSR count). The molecule has 0 aliphatic carbocycles. The van der Waals surface area contributed by atoms with Gasteiger partial charge in [0.2, 0.25) is 0 Å². The van der Waals surface area contributed by atoms with Crippen molar-refractivity contribution in [3.05, 3.63) is 53.5 Å². The molecule has 1 saturated heterocycles. The Hall–Kier alpha value is -2.47. The minimum absolute atomic E-state index is 0.0176. The molecule has 1 aliphatic rings. The summed E-state index contributed by atoms with van der Waals surface area (Å²) in [6.07, 6.45) is 2.10. The minimum Gasteiger partial charge on any atom is -0.357 e. The van der Waals surface area contributed by atoms with Crippen molar-refractivity contribution in [2.24, 2.45) is 0 Å². The van der Waals surface area contributed by atoms with Gasteiger partial charge < -0.3 is 9.80 Å². The number of aromatic nitrogens is 2. The van der Waals surface area contributed by atoms with E-state index in [1.807, 2.05) is 24.0 Å². The second-order valence-electron chi connectivity index (χ2n) is 7.70. The van der Waals surface area contributed by atoms with E-state index in [1.165, 1.54) is 5.56 Å². The highest BCUT2D eigenvalue weighted by Crippen LogP contribution is 2.17. The normalized spacial score (nSPS) is 14.8. The molecule has 0 bridgehead atoms. The lowest BCUT2D eigenvalue weighted by Crippen LogP contribution is -2.48. The van der Waals surface area contributed by atoms with Crippen molar-refractivity contribution in [3.63, 3.8) is 0 Å². The van der Waals surface area contributed by atoms with Gasteiger partial charge in [-0.25, -0.2) is 9.97 Å².